The van der Waals surface area contributed by atoms with Gasteiger partial charge in [-0.1, -0.05) is 101 Å². The topological polar surface area (TPSA) is 26.3 Å². The summed E-state index contributed by atoms with van der Waals surface area (Å²) in [5.41, 5.74) is 0. The maximum Gasteiger partial charge on any atom is 0.305 e. The molecule has 0 aromatic rings. The van der Waals surface area contributed by atoms with E-state index in [1.807, 2.05) is 0 Å². The van der Waals surface area contributed by atoms with E-state index >= 15 is 0 Å². The minimum Gasteiger partial charge on any atom is -0.469 e. The Kier molecular flexibility index (Phi) is 25.6. The molecule has 0 atom stereocenters. The van der Waals surface area contributed by atoms with Crippen molar-refractivity contribution in [3.05, 3.63) is 36.5 Å². The van der Waals surface area contributed by atoms with Gasteiger partial charge in [0, 0.05) is 6.42 Å². The number of esters is 1. The SMILES string of the molecule is CCCCCC/C=C\CCCCCCCCCC/C=C\CC/C=C\CCCC(=O)OC. The van der Waals surface area contributed by atoms with Crippen molar-refractivity contribution in [1.29, 1.82) is 0 Å². The fourth-order valence-corrected chi connectivity index (χ4v) is 3.64. The molecule has 0 aromatic heterocycles. The highest BCUT2D eigenvalue weighted by Crippen LogP contribution is 2.12. The third-order valence-electron chi connectivity index (χ3n) is 5.70. The molecule has 0 aliphatic rings. The van der Waals surface area contributed by atoms with Crippen molar-refractivity contribution in [2.45, 2.75) is 135 Å². The van der Waals surface area contributed by atoms with E-state index in [-0.39, 0.29) is 5.97 Å². The highest BCUT2D eigenvalue weighted by atomic mass is 16.5. The summed E-state index contributed by atoms with van der Waals surface area (Å²) in [4.78, 5) is 11.0. The van der Waals surface area contributed by atoms with Gasteiger partial charge in [0.2, 0.25) is 0 Å². The van der Waals surface area contributed by atoms with Crippen LogP contribution in [0.3, 0.4) is 0 Å². The first-order valence-corrected chi connectivity index (χ1v) is 13.3. The van der Waals surface area contributed by atoms with E-state index in [1.165, 1.54) is 103 Å². The number of carbonyl (C=O) groups excluding carboxylic acids is 1. The van der Waals surface area contributed by atoms with Gasteiger partial charge in [-0.25, -0.2) is 0 Å². The molecule has 0 bridgehead atoms. The molecule has 2 heteroatoms. The zero-order chi connectivity index (χ0) is 22.7. The van der Waals surface area contributed by atoms with Crippen LogP contribution in [0.4, 0.5) is 0 Å². The molecule has 180 valence electrons. The lowest BCUT2D eigenvalue weighted by molar-refractivity contribution is -0.140. The first-order chi connectivity index (χ1) is 15.3. The molecule has 0 saturated carbocycles. The van der Waals surface area contributed by atoms with Gasteiger partial charge in [-0.2, -0.15) is 0 Å². The van der Waals surface area contributed by atoms with Gasteiger partial charge in [-0.3, -0.25) is 4.79 Å². The van der Waals surface area contributed by atoms with Crippen LogP contribution in [0.2, 0.25) is 0 Å². The summed E-state index contributed by atoms with van der Waals surface area (Å²) < 4.78 is 4.63. The second-order valence-electron chi connectivity index (χ2n) is 8.72. The molecular formula is C29H52O2. The van der Waals surface area contributed by atoms with E-state index in [0.717, 1.165) is 25.7 Å². The maximum atomic E-state index is 11.0. The second-order valence-corrected chi connectivity index (χ2v) is 8.72. The average Bonchev–Trinajstić information content (AvgIpc) is 2.78. The molecule has 0 amide bonds. The Hall–Kier alpha value is -1.31. The first kappa shape index (κ1) is 29.7. The second kappa shape index (κ2) is 26.7. The van der Waals surface area contributed by atoms with Crippen molar-refractivity contribution in [3.8, 4) is 0 Å². The van der Waals surface area contributed by atoms with Crippen molar-refractivity contribution >= 4 is 5.97 Å². The molecule has 0 aliphatic carbocycles. The normalized spacial score (nSPS) is 11.9. The fraction of sp³-hybridized carbons (Fsp3) is 0.759. The smallest absolute Gasteiger partial charge is 0.305 e. The van der Waals surface area contributed by atoms with Crippen LogP contribution in [-0.2, 0) is 9.53 Å². The predicted molar refractivity (Wildman–Crippen MR) is 137 cm³/mol. The molecule has 0 radical (unpaired) electrons. The van der Waals surface area contributed by atoms with Gasteiger partial charge in [0.1, 0.15) is 0 Å². The molecule has 0 aromatic carbocycles. The molecule has 0 saturated heterocycles. The van der Waals surface area contributed by atoms with Crippen LogP contribution in [0.1, 0.15) is 135 Å². The Morgan fingerprint density at radius 3 is 1.29 bits per heavy atom. The van der Waals surface area contributed by atoms with Crippen LogP contribution in [-0.4, -0.2) is 13.1 Å². The quantitative estimate of drug-likeness (QED) is 0.0912. The van der Waals surface area contributed by atoms with Crippen molar-refractivity contribution in [3.63, 3.8) is 0 Å². The molecule has 31 heavy (non-hydrogen) atoms. The lowest BCUT2D eigenvalue weighted by atomic mass is 10.1. The molecule has 0 fully saturated rings. The minimum absolute atomic E-state index is 0.108. The van der Waals surface area contributed by atoms with E-state index in [4.69, 9.17) is 0 Å². The average molecular weight is 433 g/mol. The molecular weight excluding hydrogens is 380 g/mol. The number of hydrogen-bond acceptors (Lipinski definition) is 2. The summed E-state index contributed by atoms with van der Waals surface area (Å²) in [5.74, 6) is -0.108. The van der Waals surface area contributed by atoms with Crippen molar-refractivity contribution in [2.75, 3.05) is 7.11 Å². The third kappa shape index (κ3) is 26.7. The number of unbranched alkanes of at least 4 members (excludes halogenated alkanes) is 15. The van der Waals surface area contributed by atoms with E-state index in [1.54, 1.807) is 0 Å². The van der Waals surface area contributed by atoms with E-state index < -0.39 is 0 Å². The monoisotopic (exact) mass is 432 g/mol. The van der Waals surface area contributed by atoms with Crippen LogP contribution < -0.4 is 0 Å². The summed E-state index contributed by atoms with van der Waals surface area (Å²) >= 11 is 0. The Balaban J connectivity index is 3.20. The number of hydrogen-bond donors (Lipinski definition) is 0. The molecule has 0 rings (SSSR count). The van der Waals surface area contributed by atoms with Crippen LogP contribution in [0.5, 0.6) is 0 Å². The third-order valence-corrected chi connectivity index (χ3v) is 5.70. The number of methoxy groups -OCH3 is 1. The van der Waals surface area contributed by atoms with Crippen LogP contribution in [0.25, 0.3) is 0 Å². The molecule has 0 spiro atoms. The van der Waals surface area contributed by atoms with Gasteiger partial charge in [0.15, 0.2) is 0 Å². The van der Waals surface area contributed by atoms with Crippen LogP contribution in [0.15, 0.2) is 36.5 Å². The van der Waals surface area contributed by atoms with Gasteiger partial charge in [0.25, 0.3) is 0 Å². The fourth-order valence-electron chi connectivity index (χ4n) is 3.64. The van der Waals surface area contributed by atoms with Gasteiger partial charge in [-0.15, -0.1) is 0 Å². The highest BCUT2D eigenvalue weighted by Gasteiger charge is 1.96. The van der Waals surface area contributed by atoms with Gasteiger partial charge < -0.3 is 4.74 Å². The largest absolute Gasteiger partial charge is 0.469 e. The van der Waals surface area contributed by atoms with Gasteiger partial charge in [-0.05, 0) is 64.2 Å². The molecule has 0 N–H and O–H groups in total. The Labute approximate surface area is 194 Å². The zero-order valence-electron chi connectivity index (χ0n) is 20.9. The van der Waals surface area contributed by atoms with Gasteiger partial charge >= 0.3 is 5.97 Å². The van der Waals surface area contributed by atoms with Crippen molar-refractivity contribution in [2.24, 2.45) is 0 Å². The zero-order valence-corrected chi connectivity index (χ0v) is 20.9. The standard InChI is InChI=1S/C29H52O2/c1-3-4-5-6-7-8-9-10-11-12-13-14-15-16-17-18-19-20-21-22-23-24-25-26-27-28-29(30)31-2/h8-9,20-21,24-25H,3-7,10-19,22-23,26-28H2,1-2H3/b9-8-,21-20-,25-24-. The number of rotatable bonds is 23. The van der Waals surface area contributed by atoms with Gasteiger partial charge in [0.05, 0.1) is 7.11 Å². The summed E-state index contributed by atoms with van der Waals surface area (Å²) in [6.45, 7) is 2.27. The maximum absolute atomic E-state index is 11.0. The summed E-state index contributed by atoms with van der Waals surface area (Å²) in [6, 6.07) is 0. The number of allylic oxidation sites excluding steroid dienone is 6. The first-order valence-electron chi connectivity index (χ1n) is 13.3. The Bertz CT molecular complexity index is 448. The minimum atomic E-state index is -0.108. The molecule has 0 unspecified atom stereocenters. The van der Waals surface area contributed by atoms with E-state index in [2.05, 4.69) is 48.1 Å². The molecule has 2 nitrogen and oxygen atoms in total. The summed E-state index contributed by atoms with van der Waals surface area (Å²) in [5, 5.41) is 0. The van der Waals surface area contributed by atoms with E-state index in [0.29, 0.717) is 6.42 Å². The highest BCUT2D eigenvalue weighted by molar-refractivity contribution is 5.69. The summed E-state index contributed by atoms with van der Waals surface area (Å²) in [7, 11) is 1.45. The number of carbonyl (C=O) groups is 1. The lowest BCUT2D eigenvalue weighted by Gasteiger charge is -2.01. The lowest BCUT2D eigenvalue weighted by Crippen LogP contribution is -1.98. The summed E-state index contributed by atoms with van der Waals surface area (Å²) in [6.07, 6.45) is 38.9. The van der Waals surface area contributed by atoms with Crippen molar-refractivity contribution in [1.82, 2.24) is 0 Å². The Morgan fingerprint density at radius 1 is 0.516 bits per heavy atom. The van der Waals surface area contributed by atoms with Crippen LogP contribution in [0, 0.1) is 0 Å². The van der Waals surface area contributed by atoms with E-state index in [9.17, 15) is 4.79 Å². The van der Waals surface area contributed by atoms with Crippen LogP contribution >= 0.6 is 0 Å². The Morgan fingerprint density at radius 2 is 0.871 bits per heavy atom. The number of ether oxygens (including phenoxy) is 1. The molecule has 0 heterocycles. The van der Waals surface area contributed by atoms with Crippen molar-refractivity contribution < 1.29 is 9.53 Å². The predicted octanol–water partition coefficient (Wildman–Crippen LogP) is 9.65. The molecule has 0 aliphatic heterocycles.